The topological polar surface area (TPSA) is 60.4 Å². The Labute approximate surface area is 124 Å². The van der Waals surface area contributed by atoms with Gasteiger partial charge >= 0.3 is 5.97 Å². The van der Waals surface area contributed by atoms with E-state index in [1.54, 1.807) is 26.0 Å². The van der Waals surface area contributed by atoms with Crippen molar-refractivity contribution < 1.29 is 17.9 Å². The Morgan fingerprint density at radius 1 is 1.30 bits per heavy atom. The smallest absolute Gasteiger partial charge is 0.333 e. The highest BCUT2D eigenvalue weighted by Gasteiger charge is 2.12. The van der Waals surface area contributed by atoms with Crippen molar-refractivity contribution >= 4 is 25.7 Å². The van der Waals surface area contributed by atoms with Crippen molar-refractivity contribution in [2.24, 2.45) is 0 Å². The highest BCUT2D eigenvalue weighted by molar-refractivity contribution is 8.17. The predicted molar refractivity (Wildman–Crippen MR) is 81.8 cm³/mol. The van der Waals surface area contributed by atoms with E-state index in [1.807, 2.05) is 6.92 Å². The molecule has 0 saturated heterocycles. The van der Waals surface area contributed by atoms with Crippen molar-refractivity contribution in [2.45, 2.75) is 27.2 Å². The lowest BCUT2D eigenvalue weighted by Crippen LogP contribution is -2.07. The molecule has 4 nitrogen and oxygen atoms in total. The van der Waals surface area contributed by atoms with Crippen LogP contribution in [0.25, 0.3) is 0 Å². The molecule has 0 aliphatic heterocycles. The third-order valence-electron chi connectivity index (χ3n) is 2.38. The maximum absolute atomic E-state index is 11.7. The van der Waals surface area contributed by atoms with Gasteiger partial charge in [0.05, 0.1) is 11.5 Å². The molecule has 0 amide bonds. The van der Waals surface area contributed by atoms with Crippen LogP contribution in [0.4, 0.5) is 0 Å². The average Bonchev–Trinajstić information content (AvgIpc) is 2.38. The first-order valence-electron chi connectivity index (χ1n) is 6.12. The Morgan fingerprint density at radius 3 is 2.25 bits per heavy atom. The van der Waals surface area contributed by atoms with Gasteiger partial charge in [-0.05, 0) is 44.1 Å². The van der Waals surface area contributed by atoms with Crippen LogP contribution in [0.15, 0.2) is 46.9 Å². The van der Waals surface area contributed by atoms with E-state index in [-0.39, 0.29) is 11.5 Å². The van der Waals surface area contributed by atoms with Gasteiger partial charge in [-0.1, -0.05) is 19.6 Å². The van der Waals surface area contributed by atoms with E-state index in [0.29, 0.717) is 17.6 Å². The van der Waals surface area contributed by atoms with Gasteiger partial charge in [0.2, 0.25) is 0 Å². The minimum atomic E-state index is -3.86. The first-order valence-corrected chi connectivity index (χ1v) is 8.43. The summed E-state index contributed by atoms with van der Waals surface area (Å²) in [5.41, 5.74) is 0.987. The summed E-state index contributed by atoms with van der Waals surface area (Å²) in [5, 5.41) is 0. The molecule has 112 valence electrons. The molecular formula is C14H19ClO4S. The lowest BCUT2D eigenvalue weighted by atomic mass is 10.1. The summed E-state index contributed by atoms with van der Waals surface area (Å²) in [5.74, 6) is -0.420. The van der Waals surface area contributed by atoms with Gasteiger partial charge in [-0.25, -0.2) is 13.2 Å². The summed E-state index contributed by atoms with van der Waals surface area (Å²) in [6, 6.07) is 0. The van der Waals surface area contributed by atoms with Crippen LogP contribution in [0.5, 0.6) is 0 Å². The van der Waals surface area contributed by atoms with E-state index in [1.165, 1.54) is 6.08 Å². The normalized spacial score (nSPS) is 14.1. The number of hydrogen-bond donors (Lipinski definition) is 0. The van der Waals surface area contributed by atoms with Crippen molar-refractivity contribution in [1.82, 2.24) is 0 Å². The van der Waals surface area contributed by atoms with Crippen molar-refractivity contribution in [3.8, 4) is 0 Å². The maximum Gasteiger partial charge on any atom is 0.333 e. The second kappa shape index (κ2) is 8.76. The van der Waals surface area contributed by atoms with Gasteiger partial charge in [-0.3, -0.25) is 0 Å². The van der Waals surface area contributed by atoms with Gasteiger partial charge in [0.15, 0.2) is 0 Å². The van der Waals surface area contributed by atoms with Crippen molar-refractivity contribution in [2.75, 3.05) is 6.61 Å². The molecule has 20 heavy (non-hydrogen) atoms. The third kappa shape index (κ3) is 6.21. The number of halogens is 1. The number of allylic oxidation sites excluding steroid dienone is 5. The molecule has 0 aromatic rings. The van der Waals surface area contributed by atoms with E-state index in [9.17, 15) is 13.2 Å². The fraction of sp³-hybridized carbons (Fsp3) is 0.357. The number of rotatable bonds is 7. The fourth-order valence-electron chi connectivity index (χ4n) is 1.33. The Morgan fingerprint density at radius 2 is 1.90 bits per heavy atom. The van der Waals surface area contributed by atoms with Crippen LogP contribution in [-0.2, 0) is 18.6 Å². The second-order valence-electron chi connectivity index (χ2n) is 3.72. The van der Waals surface area contributed by atoms with E-state index in [2.05, 4.69) is 6.58 Å². The molecule has 0 rings (SSSR count). The van der Waals surface area contributed by atoms with Crippen LogP contribution < -0.4 is 0 Å². The zero-order valence-corrected chi connectivity index (χ0v) is 13.4. The van der Waals surface area contributed by atoms with E-state index >= 15 is 0 Å². The Hall–Kier alpha value is -1.33. The highest BCUT2D eigenvalue weighted by Crippen LogP contribution is 2.18. The van der Waals surface area contributed by atoms with E-state index in [0.717, 1.165) is 6.08 Å². The average molecular weight is 319 g/mol. The predicted octanol–water partition coefficient (Wildman–Crippen LogP) is 3.47. The monoisotopic (exact) mass is 318 g/mol. The molecule has 0 aliphatic carbocycles. The van der Waals surface area contributed by atoms with E-state index in [4.69, 9.17) is 15.4 Å². The van der Waals surface area contributed by atoms with Crippen LogP contribution in [-0.4, -0.2) is 21.0 Å². The SMILES string of the molecule is C=C\C(=C/C(=C\C)/C=C(\CC)C(=O)OCC)S(=O)(=O)Cl. The van der Waals surface area contributed by atoms with Gasteiger partial charge < -0.3 is 4.74 Å². The molecule has 6 heteroatoms. The minimum absolute atomic E-state index is 0.122. The molecule has 0 spiro atoms. The summed E-state index contributed by atoms with van der Waals surface area (Å²) in [7, 11) is 1.41. The molecule has 0 aromatic carbocycles. The van der Waals surface area contributed by atoms with Gasteiger partial charge in [0.25, 0.3) is 9.05 Å². The summed E-state index contributed by atoms with van der Waals surface area (Å²) in [4.78, 5) is 11.6. The standard InChI is InChI=1S/C14H19ClO4S/c1-5-11(10-13(7-3)20(15,17)18)9-12(6-2)14(16)19-8-4/h5,7,9-10H,3,6,8H2,1-2,4H3/b11-5-,12-9+,13-10+. The molecular weight excluding hydrogens is 300 g/mol. The molecule has 0 atom stereocenters. The second-order valence-corrected chi connectivity index (χ2v) is 6.29. The summed E-state index contributed by atoms with van der Waals surface area (Å²) in [6.45, 7) is 8.95. The molecule has 0 radical (unpaired) electrons. The summed E-state index contributed by atoms with van der Waals surface area (Å²) < 4.78 is 27.5. The van der Waals surface area contributed by atoms with Crippen molar-refractivity contribution in [3.05, 3.63) is 46.9 Å². The molecule has 0 fully saturated rings. The Bertz CT molecular complexity index is 554. The molecule has 0 saturated carbocycles. The van der Waals surface area contributed by atoms with Crippen LogP contribution in [0.1, 0.15) is 27.2 Å². The number of hydrogen-bond acceptors (Lipinski definition) is 4. The lowest BCUT2D eigenvalue weighted by molar-refractivity contribution is -0.138. The highest BCUT2D eigenvalue weighted by atomic mass is 35.7. The van der Waals surface area contributed by atoms with Crippen molar-refractivity contribution in [3.63, 3.8) is 0 Å². The van der Waals surface area contributed by atoms with Crippen LogP contribution >= 0.6 is 10.7 Å². The van der Waals surface area contributed by atoms with E-state index < -0.39 is 15.0 Å². The third-order valence-corrected chi connectivity index (χ3v) is 3.77. The van der Waals surface area contributed by atoms with Crippen LogP contribution in [0.2, 0.25) is 0 Å². The van der Waals surface area contributed by atoms with Crippen molar-refractivity contribution in [1.29, 1.82) is 0 Å². The van der Waals surface area contributed by atoms with Gasteiger partial charge in [0.1, 0.15) is 0 Å². The number of carbonyl (C=O) groups is 1. The molecule has 0 bridgehead atoms. The Kier molecular flexibility index (Phi) is 8.18. The molecule has 0 heterocycles. The zero-order valence-electron chi connectivity index (χ0n) is 11.8. The first kappa shape index (κ1) is 18.7. The fourth-order valence-corrected chi connectivity index (χ4v) is 2.13. The molecule has 0 aliphatic rings. The summed E-state index contributed by atoms with van der Waals surface area (Å²) >= 11 is 0. The number of carbonyl (C=O) groups excluding carboxylic acids is 1. The molecule has 0 N–H and O–H groups in total. The van der Waals surface area contributed by atoms with Gasteiger partial charge in [0, 0.05) is 16.3 Å². The molecule has 0 unspecified atom stereocenters. The van der Waals surface area contributed by atoms with Crippen LogP contribution in [0, 0.1) is 0 Å². The molecule has 0 aromatic heterocycles. The van der Waals surface area contributed by atoms with Gasteiger partial charge in [-0.15, -0.1) is 0 Å². The number of ether oxygens (including phenoxy) is 1. The largest absolute Gasteiger partial charge is 0.463 e. The van der Waals surface area contributed by atoms with Crippen LogP contribution in [0.3, 0.4) is 0 Å². The number of esters is 1. The maximum atomic E-state index is 11.7. The quantitative estimate of drug-likeness (QED) is 0.312. The first-order chi connectivity index (χ1) is 9.29. The van der Waals surface area contributed by atoms with Gasteiger partial charge in [-0.2, -0.15) is 0 Å². The zero-order chi connectivity index (χ0) is 15.8. The Balaban J connectivity index is 5.56. The lowest BCUT2D eigenvalue weighted by Gasteiger charge is -2.05. The summed E-state index contributed by atoms with van der Waals surface area (Å²) in [6.07, 6.45) is 6.21. The minimum Gasteiger partial charge on any atom is -0.463 e.